The van der Waals surface area contributed by atoms with E-state index in [1.165, 1.54) is 0 Å². The second-order valence-corrected chi connectivity index (χ2v) is 5.83. The lowest BCUT2D eigenvalue weighted by Crippen LogP contribution is -2.34. The summed E-state index contributed by atoms with van der Waals surface area (Å²) >= 11 is 0. The van der Waals surface area contributed by atoms with Crippen LogP contribution < -0.4 is 5.32 Å². The van der Waals surface area contributed by atoms with Crippen molar-refractivity contribution < 1.29 is 18.0 Å². The number of anilines is 1. The van der Waals surface area contributed by atoms with Crippen molar-refractivity contribution >= 4 is 11.9 Å². The first-order valence-electron chi connectivity index (χ1n) is 7.65. The number of amides is 1. The van der Waals surface area contributed by atoms with Gasteiger partial charge in [-0.2, -0.15) is 13.2 Å². The molecular formula is C15H16F3N5O. The Bertz CT molecular complexity index is 701. The predicted octanol–water partition coefficient (Wildman–Crippen LogP) is 3.17. The van der Waals surface area contributed by atoms with Gasteiger partial charge in [0.05, 0.1) is 5.92 Å². The minimum atomic E-state index is -4.25. The first-order valence-corrected chi connectivity index (χ1v) is 7.65. The highest BCUT2D eigenvalue weighted by Gasteiger charge is 2.43. The fourth-order valence-corrected chi connectivity index (χ4v) is 2.88. The van der Waals surface area contributed by atoms with Crippen molar-refractivity contribution in [1.82, 2.24) is 20.2 Å². The van der Waals surface area contributed by atoms with E-state index in [9.17, 15) is 18.0 Å². The van der Waals surface area contributed by atoms with Crippen LogP contribution in [-0.2, 0) is 4.79 Å². The third kappa shape index (κ3) is 3.72. The third-order valence-electron chi connectivity index (χ3n) is 4.14. The first-order chi connectivity index (χ1) is 11.4. The molecule has 2 aromatic heterocycles. The van der Waals surface area contributed by atoms with E-state index in [4.69, 9.17) is 0 Å². The number of alkyl halides is 3. The van der Waals surface area contributed by atoms with Gasteiger partial charge in [0.15, 0.2) is 5.82 Å². The highest BCUT2D eigenvalue weighted by molar-refractivity contribution is 5.91. The molecule has 1 fully saturated rings. The average Bonchev–Trinajstić information content (AvgIpc) is 3.03. The number of pyridine rings is 1. The number of hydrogen-bond donors (Lipinski definition) is 2. The molecular weight excluding hydrogens is 323 g/mol. The van der Waals surface area contributed by atoms with Crippen molar-refractivity contribution in [2.24, 2.45) is 11.8 Å². The molecule has 6 nitrogen and oxygen atoms in total. The number of carbonyl (C=O) groups is 1. The summed E-state index contributed by atoms with van der Waals surface area (Å²) in [7, 11) is 0. The summed E-state index contributed by atoms with van der Waals surface area (Å²) in [5.41, 5.74) is 0.556. The number of nitrogens with one attached hydrogen (secondary N) is 2. The molecule has 0 bridgehead atoms. The Morgan fingerprint density at radius 2 is 2.08 bits per heavy atom. The monoisotopic (exact) mass is 339 g/mol. The van der Waals surface area contributed by atoms with Crippen LogP contribution in [0.25, 0.3) is 11.5 Å². The van der Waals surface area contributed by atoms with Gasteiger partial charge in [-0.1, -0.05) is 12.5 Å². The molecule has 1 aliphatic rings. The molecule has 0 radical (unpaired) electrons. The molecule has 2 aromatic rings. The first kappa shape index (κ1) is 16.4. The summed E-state index contributed by atoms with van der Waals surface area (Å²) in [6.07, 6.45) is -1.93. The maximum atomic E-state index is 12.8. The lowest BCUT2D eigenvalue weighted by molar-refractivity contribution is -0.185. The van der Waals surface area contributed by atoms with Gasteiger partial charge < -0.3 is 4.98 Å². The fraction of sp³-hybridized carbons (Fsp3) is 0.467. The van der Waals surface area contributed by atoms with E-state index < -0.39 is 23.9 Å². The standard InChI is InChI=1S/C15H16F3N5O/c16-15(17,18)10-5-3-4-9(8-10)13(24)21-14-20-12(22-23-14)11-6-1-2-7-19-11/h1-2,6-7,9-10H,3-5,8H2,(H2,20,21,22,23,24). The number of aromatic amines is 1. The van der Waals surface area contributed by atoms with Crippen LogP contribution >= 0.6 is 0 Å². The van der Waals surface area contributed by atoms with Crippen molar-refractivity contribution in [2.45, 2.75) is 31.9 Å². The molecule has 2 heterocycles. The summed E-state index contributed by atoms with van der Waals surface area (Å²) in [5, 5.41) is 10.2. The second kappa shape index (κ2) is 6.58. The molecule has 1 saturated carbocycles. The van der Waals surface area contributed by atoms with Crippen LogP contribution in [0.2, 0.25) is 0 Å². The van der Waals surface area contributed by atoms with Gasteiger partial charge in [0.2, 0.25) is 11.9 Å². The molecule has 2 atom stereocenters. The molecule has 0 spiro atoms. The lowest BCUT2D eigenvalue weighted by atomic mass is 9.80. The lowest BCUT2D eigenvalue weighted by Gasteiger charge is -2.29. The van der Waals surface area contributed by atoms with Crippen LogP contribution in [-0.4, -0.2) is 32.2 Å². The van der Waals surface area contributed by atoms with Crippen molar-refractivity contribution in [1.29, 1.82) is 0 Å². The number of rotatable bonds is 3. The van der Waals surface area contributed by atoms with Gasteiger partial charge in [-0.15, -0.1) is 10.2 Å². The summed E-state index contributed by atoms with van der Waals surface area (Å²) in [6, 6.07) is 5.26. The molecule has 0 aromatic carbocycles. The third-order valence-corrected chi connectivity index (χ3v) is 4.14. The number of H-pyrrole nitrogens is 1. The zero-order valence-electron chi connectivity index (χ0n) is 12.7. The Morgan fingerprint density at radius 1 is 1.25 bits per heavy atom. The zero-order chi connectivity index (χ0) is 17.2. The van der Waals surface area contributed by atoms with Crippen LogP contribution in [0.4, 0.5) is 19.1 Å². The van der Waals surface area contributed by atoms with E-state index in [1.807, 2.05) is 0 Å². The van der Waals surface area contributed by atoms with Crippen LogP contribution in [0, 0.1) is 11.8 Å². The summed E-state index contributed by atoms with van der Waals surface area (Å²) < 4.78 is 38.5. The van der Waals surface area contributed by atoms with E-state index in [1.54, 1.807) is 24.4 Å². The van der Waals surface area contributed by atoms with Crippen LogP contribution in [0.1, 0.15) is 25.7 Å². The largest absolute Gasteiger partial charge is 0.391 e. The van der Waals surface area contributed by atoms with Gasteiger partial charge in [0, 0.05) is 12.1 Å². The Hall–Kier alpha value is -2.45. The van der Waals surface area contributed by atoms with E-state index >= 15 is 0 Å². The Balaban J connectivity index is 1.64. The number of nitrogens with zero attached hydrogens (tertiary/aromatic N) is 3. The van der Waals surface area contributed by atoms with Crippen molar-refractivity contribution in [3.8, 4) is 11.5 Å². The number of aromatic nitrogens is 4. The molecule has 2 N–H and O–H groups in total. The molecule has 24 heavy (non-hydrogen) atoms. The summed E-state index contributed by atoms with van der Waals surface area (Å²) in [4.78, 5) is 19.1. The highest BCUT2D eigenvalue weighted by atomic mass is 19.4. The quantitative estimate of drug-likeness (QED) is 0.900. The minimum absolute atomic E-state index is 0.0828. The molecule has 3 rings (SSSR count). The topological polar surface area (TPSA) is 83.6 Å². The maximum absolute atomic E-state index is 12.8. The molecule has 2 unspecified atom stereocenters. The van der Waals surface area contributed by atoms with Crippen LogP contribution in [0.3, 0.4) is 0 Å². The van der Waals surface area contributed by atoms with Crippen LogP contribution in [0.15, 0.2) is 24.4 Å². The second-order valence-electron chi connectivity index (χ2n) is 5.83. The minimum Gasteiger partial charge on any atom is -0.306 e. The summed E-state index contributed by atoms with van der Waals surface area (Å²) in [6.45, 7) is 0. The zero-order valence-corrected chi connectivity index (χ0v) is 12.7. The van der Waals surface area contributed by atoms with E-state index in [2.05, 4.69) is 25.5 Å². The molecule has 1 amide bonds. The predicted molar refractivity (Wildman–Crippen MR) is 79.7 cm³/mol. The van der Waals surface area contributed by atoms with Gasteiger partial charge in [-0.25, -0.2) is 0 Å². The number of halogens is 3. The Labute approximate surface area is 135 Å². The average molecular weight is 339 g/mol. The number of carbonyl (C=O) groups excluding carboxylic acids is 1. The molecule has 0 saturated heterocycles. The number of hydrogen-bond acceptors (Lipinski definition) is 4. The van der Waals surface area contributed by atoms with E-state index in [0.29, 0.717) is 24.4 Å². The smallest absolute Gasteiger partial charge is 0.306 e. The van der Waals surface area contributed by atoms with Gasteiger partial charge in [-0.3, -0.25) is 15.1 Å². The fourth-order valence-electron chi connectivity index (χ4n) is 2.88. The molecule has 0 aliphatic heterocycles. The Kier molecular flexibility index (Phi) is 4.50. The normalized spacial score (nSPS) is 21.5. The van der Waals surface area contributed by atoms with Gasteiger partial charge in [-0.05, 0) is 31.4 Å². The highest BCUT2D eigenvalue weighted by Crippen LogP contribution is 2.40. The maximum Gasteiger partial charge on any atom is 0.391 e. The molecule has 128 valence electrons. The molecule has 9 heteroatoms. The summed E-state index contributed by atoms with van der Waals surface area (Å²) in [5.74, 6) is -2.07. The van der Waals surface area contributed by atoms with Crippen molar-refractivity contribution in [2.75, 3.05) is 5.32 Å². The van der Waals surface area contributed by atoms with Gasteiger partial charge >= 0.3 is 6.18 Å². The van der Waals surface area contributed by atoms with Gasteiger partial charge in [0.25, 0.3) is 0 Å². The van der Waals surface area contributed by atoms with Crippen molar-refractivity contribution in [3.63, 3.8) is 0 Å². The van der Waals surface area contributed by atoms with Crippen molar-refractivity contribution in [3.05, 3.63) is 24.4 Å². The van der Waals surface area contributed by atoms with Crippen LogP contribution in [0.5, 0.6) is 0 Å². The van der Waals surface area contributed by atoms with E-state index in [0.717, 1.165) is 0 Å². The SMILES string of the molecule is O=C(Nc1nnc(-c2ccccn2)[nH]1)C1CCCC(C(F)(F)F)C1. The van der Waals surface area contributed by atoms with Gasteiger partial charge in [0.1, 0.15) is 5.69 Å². The Morgan fingerprint density at radius 3 is 2.79 bits per heavy atom. The molecule has 1 aliphatic carbocycles. The van der Waals surface area contributed by atoms with E-state index in [-0.39, 0.29) is 18.8 Å².